The Hall–Kier alpha value is -3.43. The van der Waals surface area contributed by atoms with E-state index in [1.807, 2.05) is 23.2 Å². The molecule has 4 rings (SSSR count). The van der Waals surface area contributed by atoms with Crippen LogP contribution in [0.4, 0.5) is 0 Å². The van der Waals surface area contributed by atoms with Crippen LogP contribution < -0.4 is 17.2 Å². The summed E-state index contributed by atoms with van der Waals surface area (Å²) in [6.45, 7) is 3.53. The van der Waals surface area contributed by atoms with Crippen LogP contribution in [0.5, 0.6) is 0 Å². The number of aliphatic imine (C=N–C) groups is 1. The summed E-state index contributed by atoms with van der Waals surface area (Å²) >= 11 is 0. The van der Waals surface area contributed by atoms with Gasteiger partial charge in [-0.1, -0.05) is 42.5 Å². The van der Waals surface area contributed by atoms with Gasteiger partial charge in [0.25, 0.3) is 0 Å². The Morgan fingerprint density at radius 2 is 2.00 bits per heavy atom. The number of carbonyl (C=O) groups excluding carboxylic acids is 1. The quantitative estimate of drug-likeness (QED) is 0.214. The van der Waals surface area contributed by atoms with Gasteiger partial charge in [0.1, 0.15) is 0 Å². The molecule has 1 unspecified atom stereocenters. The van der Waals surface area contributed by atoms with Crippen molar-refractivity contribution in [3.63, 3.8) is 0 Å². The maximum atomic E-state index is 13.4. The molecule has 0 aliphatic carbocycles. The second kappa shape index (κ2) is 11.1. The molecule has 0 radical (unpaired) electrons. The first-order valence-electron chi connectivity index (χ1n) is 11.8. The number of aromatic amines is 1. The lowest BCUT2D eigenvalue weighted by Crippen LogP contribution is -2.58. The molecule has 1 aliphatic heterocycles. The summed E-state index contributed by atoms with van der Waals surface area (Å²) in [6.07, 6.45) is 5.64. The van der Waals surface area contributed by atoms with Crippen LogP contribution in [0.3, 0.4) is 0 Å². The molecule has 34 heavy (non-hydrogen) atoms. The summed E-state index contributed by atoms with van der Waals surface area (Å²) in [7, 11) is 0. The van der Waals surface area contributed by atoms with Gasteiger partial charge in [-0.15, -0.1) is 0 Å². The monoisotopic (exact) mass is 462 g/mol. The van der Waals surface area contributed by atoms with Gasteiger partial charge in [0, 0.05) is 50.7 Å². The average molecular weight is 463 g/mol. The first-order valence-corrected chi connectivity index (χ1v) is 11.8. The molecule has 1 fully saturated rings. The topological polar surface area (TPSA) is 143 Å². The molecule has 1 saturated heterocycles. The highest BCUT2D eigenvalue weighted by atomic mass is 16.2. The SMILES string of the molecule is NC(N)=NCCCC1CN(Cc2cnc[nH]2)CCN1C(=O)[C@H](N)Cc1ccc2ccccc2c1. The van der Waals surface area contributed by atoms with Crippen molar-refractivity contribution in [1.82, 2.24) is 19.8 Å². The summed E-state index contributed by atoms with van der Waals surface area (Å²) in [4.78, 5) is 29.1. The minimum absolute atomic E-state index is 0.00110. The molecule has 0 saturated carbocycles. The highest BCUT2D eigenvalue weighted by Crippen LogP contribution is 2.20. The highest BCUT2D eigenvalue weighted by Gasteiger charge is 2.32. The number of guanidine groups is 1. The van der Waals surface area contributed by atoms with Gasteiger partial charge >= 0.3 is 0 Å². The number of nitrogens with one attached hydrogen (secondary N) is 1. The number of nitrogens with zero attached hydrogens (tertiary/aromatic N) is 4. The van der Waals surface area contributed by atoms with Crippen LogP contribution in [0.2, 0.25) is 0 Å². The molecule has 0 bridgehead atoms. The van der Waals surface area contributed by atoms with E-state index in [1.165, 1.54) is 5.39 Å². The number of amides is 1. The summed E-state index contributed by atoms with van der Waals surface area (Å²) in [5.41, 5.74) is 19.5. The molecule has 0 spiro atoms. The Bertz CT molecular complexity index is 1110. The Labute approximate surface area is 200 Å². The second-order valence-electron chi connectivity index (χ2n) is 8.94. The molecule has 2 heterocycles. The number of nitrogens with two attached hydrogens (primary N) is 3. The number of aromatic nitrogens is 2. The number of rotatable bonds is 9. The molecule has 2 aromatic carbocycles. The van der Waals surface area contributed by atoms with Crippen molar-refractivity contribution in [3.05, 3.63) is 66.2 Å². The average Bonchev–Trinajstić information content (AvgIpc) is 3.34. The molecule has 1 aliphatic rings. The van der Waals surface area contributed by atoms with Crippen molar-refractivity contribution in [3.8, 4) is 0 Å². The van der Waals surface area contributed by atoms with E-state index in [9.17, 15) is 4.79 Å². The lowest BCUT2D eigenvalue weighted by Gasteiger charge is -2.42. The Kier molecular flexibility index (Phi) is 7.76. The zero-order valence-corrected chi connectivity index (χ0v) is 19.4. The first-order chi connectivity index (χ1) is 16.5. The minimum atomic E-state index is -0.583. The largest absolute Gasteiger partial charge is 0.370 e. The molecule has 2 atom stereocenters. The van der Waals surface area contributed by atoms with Crippen molar-refractivity contribution in [2.75, 3.05) is 26.2 Å². The third kappa shape index (κ3) is 6.12. The van der Waals surface area contributed by atoms with Gasteiger partial charge in [-0.25, -0.2) is 4.98 Å². The first kappa shape index (κ1) is 23.7. The predicted molar refractivity (Wildman–Crippen MR) is 135 cm³/mol. The van der Waals surface area contributed by atoms with Crippen LogP contribution in [0, 0.1) is 0 Å². The fraction of sp³-hybridized carbons (Fsp3) is 0.400. The third-order valence-electron chi connectivity index (χ3n) is 6.38. The van der Waals surface area contributed by atoms with Crippen molar-refractivity contribution >= 4 is 22.6 Å². The number of imidazole rings is 1. The molecule has 9 nitrogen and oxygen atoms in total. The number of H-pyrrole nitrogens is 1. The smallest absolute Gasteiger partial charge is 0.240 e. The standard InChI is InChI=1S/C25H34N8O/c26-23(13-18-7-8-19-4-1-2-5-20(19)12-18)24(34)33-11-10-32(15-21-14-29-17-31-21)16-22(33)6-3-9-30-25(27)28/h1-2,4-5,7-8,12,14,17,22-23H,3,6,9-11,13,15-16,26H2,(H,29,31)(H4,27,28,30)/t22?,23-/m1/s1. The van der Waals surface area contributed by atoms with Crippen LogP contribution in [0.25, 0.3) is 10.8 Å². The van der Waals surface area contributed by atoms with Crippen molar-refractivity contribution in [2.24, 2.45) is 22.2 Å². The third-order valence-corrected chi connectivity index (χ3v) is 6.38. The summed E-state index contributed by atoms with van der Waals surface area (Å²) < 4.78 is 0. The van der Waals surface area contributed by atoms with E-state index in [2.05, 4.69) is 50.2 Å². The normalized spacial score (nSPS) is 17.6. The fourth-order valence-electron chi connectivity index (χ4n) is 4.67. The van der Waals surface area contributed by atoms with E-state index >= 15 is 0 Å². The number of benzene rings is 2. The zero-order chi connectivity index (χ0) is 23.9. The van der Waals surface area contributed by atoms with Crippen LogP contribution in [0.15, 0.2) is 60.0 Å². The van der Waals surface area contributed by atoms with Crippen molar-refractivity contribution in [1.29, 1.82) is 0 Å². The summed E-state index contributed by atoms with van der Waals surface area (Å²) in [6, 6.07) is 14.0. The fourth-order valence-corrected chi connectivity index (χ4v) is 4.67. The van der Waals surface area contributed by atoms with Crippen LogP contribution >= 0.6 is 0 Å². The van der Waals surface area contributed by atoms with Gasteiger partial charge < -0.3 is 27.1 Å². The molecule has 7 N–H and O–H groups in total. The Balaban J connectivity index is 1.42. The van der Waals surface area contributed by atoms with Crippen molar-refractivity contribution < 1.29 is 4.79 Å². The molecular formula is C25H34N8O. The predicted octanol–water partition coefficient (Wildman–Crippen LogP) is 1.20. The van der Waals surface area contributed by atoms with Gasteiger partial charge in [-0.3, -0.25) is 14.7 Å². The number of carbonyl (C=O) groups is 1. The Morgan fingerprint density at radius 3 is 2.76 bits per heavy atom. The van der Waals surface area contributed by atoms with Crippen LogP contribution in [-0.2, 0) is 17.8 Å². The van der Waals surface area contributed by atoms with E-state index in [0.717, 1.165) is 49.1 Å². The van der Waals surface area contributed by atoms with Gasteiger partial charge in [-0.2, -0.15) is 0 Å². The molecular weight excluding hydrogens is 428 g/mol. The second-order valence-corrected chi connectivity index (χ2v) is 8.94. The van der Waals surface area contributed by atoms with Crippen molar-refractivity contribution in [2.45, 2.75) is 37.9 Å². The maximum absolute atomic E-state index is 13.4. The number of hydrogen-bond acceptors (Lipinski definition) is 5. The van der Waals surface area contributed by atoms with E-state index < -0.39 is 6.04 Å². The molecule has 9 heteroatoms. The molecule has 180 valence electrons. The minimum Gasteiger partial charge on any atom is -0.370 e. The van der Waals surface area contributed by atoms with Gasteiger partial charge in [0.05, 0.1) is 12.4 Å². The van der Waals surface area contributed by atoms with E-state index in [1.54, 1.807) is 6.33 Å². The zero-order valence-electron chi connectivity index (χ0n) is 19.4. The molecule has 1 aromatic heterocycles. The Morgan fingerprint density at radius 1 is 1.18 bits per heavy atom. The van der Waals surface area contributed by atoms with Crippen LogP contribution in [0.1, 0.15) is 24.1 Å². The van der Waals surface area contributed by atoms with Gasteiger partial charge in [0.15, 0.2) is 5.96 Å². The van der Waals surface area contributed by atoms with Gasteiger partial charge in [0.2, 0.25) is 5.91 Å². The van der Waals surface area contributed by atoms with E-state index in [4.69, 9.17) is 17.2 Å². The highest BCUT2D eigenvalue weighted by molar-refractivity contribution is 5.84. The number of fused-ring (bicyclic) bond motifs is 1. The van der Waals surface area contributed by atoms with E-state index in [0.29, 0.717) is 19.5 Å². The number of piperazine rings is 1. The lowest BCUT2D eigenvalue weighted by atomic mass is 9.99. The molecule has 3 aromatic rings. The lowest BCUT2D eigenvalue weighted by molar-refractivity contribution is -0.138. The van der Waals surface area contributed by atoms with Crippen LogP contribution in [-0.4, -0.2) is 69.9 Å². The number of hydrogen-bond donors (Lipinski definition) is 4. The summed E-state index contributed by atoms with van der Waals surface area (Å²) in [5.74, 6) is 0.0936. The van der Waals surface area contributed by atoms with E-state index in [-0.39, 0.29) is 17.9 Å². The molecule has 1 amide bonds. The summed E-state index contributed by atoms with van der Waals surface area (Å²) in [5, 5.41) is 2.34. The maximum Gasteiger partial charge on any atom is 0.240 e. The van der Waals surface area contributed by atoms with Gasteiger partial charge in [-0.05, 0) is 35.6 Å².